The van der Waals surface area contributed by atoms with E-state index in [4.69, 9.17) is 14.6 Å². The van der Waals surface area contributed by atoms with Crippen molar-refractivity contribution < 1.29 is 18.7 Å². The molecule has 1 N–H and O–H groups in total. The summed E-state index contributed by atoms with van der Waals surface area (Å²) in [6, 6.07) is 25.3. The Balaban J connectivity index is 1.45. The number of rotatable bonds is 9. The van der Waals surface area contributed by atoms with Crippen LogP contribution in [-0.2, 0) is 16.1 Å². The molecule has 1 aliphatic heterocycles. The highest BCUT2D eigenvalue weighted by Gasteiger charge is 2.19. The number of carbonyl (C=O) groups excluding carboxylic acids is 1. The molecule has 0 bridgehead atoms. The zero-order valence-corrected chi connectivity index (χ0v) is 21.2. The number of benzene rings is 3. The van der Waals surface area contributed by atoms with E-state index in [1.165, 1.54) is 6.07 Å². The fourth-order valence-corrected chi connectivity index (χ4v) is 4.35. The van der Waals surface area contributed by atoms with Crippen molar-refractivity contribution in [1.29, 1.82) is 5.26 Å². The summed E-state index contributed by atoms with van der Waals surface area (Å²) in [5, 5.41) is 17.4. The van der Waals surface area contributed by atoms with Gasteiger partial charge in [0, 0.05) is 36.0 Å². The third-order valence-electron chi connectivity index (χ3n) is 6.40. The van der Waals surface area contributed by atoms with Crippen LogP contribution < -0.4 is 10.1 Å². The van der Waals surface area contributed by atoms with Gasteiger partial charge in [0.05, 0.1) is 11.8 Å². The molecule has 1 fully saturated rings. The number of para-hydroxylation sites is 1. The first-order valence-electron chi connectivity index (χ1n) is 12.7. The average Bonchev–Trinajstić information content (AvgIpc) is 3.65. The Hall–Kier alpha value is -4.74. The maximum atomic E-state index is 14.1. The molecule has 1 aromatic heterocycles. The van der Waals surface area contributed by atoms with Crippen molar-refractivity contribution in [3.8, 4) is 28.8 Å². The topological polar surface area (TPSA) is 89.2 Å². The standard InChI is InChI=1S/C31H27FN4O3/c32-29-14-5-4-8-23(29)21-39-27-12-6-9-22(17-27)30-25(20-36(35-30)26-10-2-1-3-11-26)16-24(18-33)31(37)34-19-28-13-7-15-38-28/h1-6,8-12,14,16-17,20,28H,7,13,15,19,21H2,(H,34,37)/b24-16-. The monoisotopic (exact) mass is 522 g/mol. The van der Waals surface area contributed by atoms with E-state index in [0.29, 0.717) is 35.7 Å². The van der Waals surface area contributed by atoms with E-state index < -0.39 is 5.91 Å². The van der Waals surface area contributed by atoms with E-state index in [2.05, 4.69) is 5.32 Å². The SMILES string of the molecule is N#C/C(=C/c1cn(-c2ccccc2)nc1-c1cccc(OCc2ccccc2F)c1)C(=O)NCC1CCCO1. The summed E-state index contributed by atoms with van der Waals surface area (Å²) in [4.78, 5) is 12.8. The van der Waals surface area contributed by atoms with Gasteiger partial charge in [-0.3, -0.25) is 4.79 Å². The summed E-state index contributed by atoms with van der Waals surface area (Å²) in [6.07, 6.45) is 5.14. The molecule has 1 saturated heterocycles. The summed E-state index contributed by atoms with van der Waals surface area (Å²) in [5.74, 6) is -0.257. The number of nitrogens with one attached hydrogen (secondary N) is 1. The van der Waals surface area contributed by atoms with Crippen molar-refractivity contribution in [1.82, 2.24) is 15.1 Å². The highest BCUT2D eigenvalue weighted by Crippen LogP contribution is 2.29. The van der Waals surface area contributed by atoms with E-state index in [1.54, 1.807) is 47.3 Å². The Morgan fingerprint density at radius 3 is 2.74 bits per heavy atom. The van der Waals surface area contributed by atoms with Crippen molar-refractivity contribution >= 4 is 12.0 Å². The fourth-order valence-electron chi connectivity index (χ4n) is 4.35. The second-order valence-corrected chi connectivity index (χ2v) is 9.14. The van der Waals surface area contributed by atoms with Crippen LogP contribution in [0.25, 0.3) is 23.0 Å². The van der Waals surface area contributed by atoms with Crippen LogP contribution >= 0.6 is 0 Å². The zero-order valence-electron chi connectivity index (χ0n) is 21.2. The van der Waals surface area contributed by atoms with Crippen molar-refractivity contribution in [2.24, 2.45) is 0 Å². The van der Waals surface area contributed by atoms with Gasteiger partial charge in [0.25, 0.3) is 5.91 Å². The molecule has 0 aliphatic carbocycles. The zero-order chi connectivity index (χ0) is 27.0. The molecule has 1 aliphatic rings. The number of nitriles is 1. The molecule has 1 atom stereocenters. The number of hydrogen-bond donors (Lipinski definition) is 1. The van der Waals surface area contributed by atoms with Crippen LogP contribution in [0.3, 0.4) is 0 Å². The van der Waals surface area contributed by atoms with Crippen LogP contribution in [0.5, 0.6) is 5.75 Å². The lowest BCUT2D eigenvalue weighted by atomic mass is 10.1. The van der Waals surface area contributed by atoms with Crippen LogP contribution in [0, 0.1) is 17.1 Å². The molecule has 196 valence electrons. The van der Waals surface area contributed by atoms with Gasteiger partial charge in [-0.15, -0.1) is 0 Å². The van der Waals surface area contributed by atoms with Crippen molar-refractivity contribution in [3.05, 3.63) is 108 Å². The van der Waals surface area contributed by atoms with Crippen LogP contribution in [0.4, 0.5) is 4.39 Å². The highest BCUT2D eigenvalue weighted by atomic mass is 19.1. The summed E-state index contributed by atoms with van der Waals surface area (Å²) in [5.41, 5.74) is 3.12. The number of nitrogens with zero attached hydrogens (tertiary/aromatic N) is 3. The number of aromatic nitrogens is 2. The van der Waals surface area contributed by atoms with E-state index >= 15 is 0 Å². The molecule has 7 nitrogen and oxygen atoms in total. The Kier molecular flexibility index (Phi) is 8.10. The van der Waals surface area contributed by atoms with E-state index in [9.17, 15) is 14.4 Å². The van der Waals surface area contributed by atoms with Crippen molar-refractivity contribution in [2.75, 3.05) is 13.2 Å². The minimum Gasteiger partial charge on any atom is -0.489 e. The molecule has 0 spiro atoms. The van der Waals surface area contributed by atoms with Crippen LogP contribution in [-0.4, -0.2) is 34.9 Å². The summed E-state index contributed by atoms with van der Waals surface area (Å²) < 4.78 is 27.2. The van der Waals surface area contributed by atoms with Gasteiger partial charge in [0.2, 0.25) is 0 Å². The third-order valence-corrected chi connectivity index (χ3v) is 6.40. The second-order valence-electron chi connectivity index (χ2n) is 9.14. The first-order valence-corrected chi connectivity index (χ1v) is 12.7. The first kappa shape index (κ1) is 25.9. The Morgan fingerprint density at radius 1 is 1.15 bits per heavy atom. The van der Waals surface area contributed by atoms with Gasteiger partial charge < -0.3 is 14.8 Å². The van der Waals surface area contributed by atoms with Gasteiger partial charge in [0.1, 0.15) is 35.5 Å². The number of hydrogen-bond acceptors (Lipinski definition) is 5. The molecule has 1 amide bonds. The van der Waals surface area contributed by atoms with Gasteiger partial charge in [0.15, 0.2) is 0 Å². The maximum absolute atomic E-state index is 14.1. The molecule has 39 heavy (non-hydrogen) atoms. The molecule has 4 aromatic rings. The number of halogens is 1. The van der Waals surface area contributed by atoms with Gasteiger partial charge in [-0.05, 0) is 49.2 Å². The largest absolute Gasteiger partial charge is 0.489 e. The number of carbonyl (C=O) groups is 1. The molecule has 1 unspecified atom stereocenters. The predicted octanol–water partition coefficient (Wildman–Crippen LogP) is 5.46. The van der Waals surface area contributed by atoms with Crippen LogP contribution in [0.15, 0.2) is 90.6 Å². The Labute approximate surface area is 226 Å². The molecule has 5 rings (SSSR count). The predicted molar refractivity (Wildman–Crippen MR) is 145 cm³/mol. The lowest BCUT2D eigenvalue weighted by Gasteiger charge is -2.10. The number of amides is 1. The minimum absolute atomic E-state index is 0.0302. The highest BCUT2D eigenvalue weighted by molar-refractivity contribution is 6.02. The Bertz CT molecular complexity index is 1520. The third kappa shape index (κ3) is 6.40. The smallest absolute Gasteiger partial charge is 0.262 e. The van der Waals surface area contributed by atoms with Crippen molar-refractivity contribution in [2.45, 2.75) is 25.6 Å². The minimum atomic E-state index is -0.464. The molecule has 0 saturated carbocycles. The fraction of sp³-hybridized carbons (Fsp3) is 0.194. The van der Waals surface area contributed by atoms with Gasteiger partial charge >= 0.3 is 0 Å². The molecular formula is C31H27FN4O3. The van der Waals surface area contributed by atoms with Crippen LogP contribution in [0.2, 0.25) is 0 Å². The van der Waals surface area contributed by atoms with E-state index in [1.807, 2.05) is 48.5 Å². The quantitative estimate of drug-likeness (QED) is 0.233. The molecule has 2 heterocycles. The summed E-state index contributed by atoms with van der Waals surface area (Å²) in [6.45, 7) is 1.12. The average molecular weight is 523 g/mol. The lowest BCUT2D eigenvalue weighted by molar-refractivity contribution is -0.117. The lowest BCUT2D eigenvalue weighted by Crippen LogP contribution is -2.32. The first-order chi connectivity index (χ1) is 19.1. The summed E-state index contributed by atoms with van der Waals surface area (Å²) >= 11 is 0. The van der Waals surface area contributed by atoms with Gasteiger partial charge in [-0.2, -0.15) is 10.4 Å². The molecule has 8 heteroatoms. The van der Waals surface area contributed by atoms with Gasteiger partial charge in [-0.25, -0.2) is 9.07 Å². The van der Waals surface area contributed by atoms with Crippen molar-refractivity contribution in [3.63, 3.8) is 0 Å². The molecular weight excluding hydrogens is 495 g/mol. The number of ether oxygens (including phenoxy) is 2. The maximum Gasteiger partial charge on any atom is 0.262 e. The van der Waals surface area contributed by atoms with E-state index in [0.717, 1.165) is 24.1 Å². The molecule has 3 aromatic carbocycles. The van der Waals surface area contributed by atoms with E-state index in [-0.39, 0.29) is 24.1 Å². The normalized spacial score (nSPS) is 15.1. The summed E-state index contributed by atoms with van der Waals surface area (Å²) in [7, 11) is 0. The molecule has 0 radical (unpaired) electrons. The second kappa shape index (κ2) is 12.2. The Morgan fingerprint density at radius 2 is 1.97 bits per heavy atom. The van der Waals surface area contributed by atoms with Gasteiger partial charge in [-0.1, -0.05) is 48.5 Å². The van der Waals surface area contributed by atoms with Crippen LogP contribution in [0.1, 0.15) is 24.0 Å².